The quantitative estimate of drug-likeness (QED) is 0.443. The summed E-state index contributed by atoms with van der Waals surface area (Å²) in [6, 6.07) is 12.9. The SMILES string of the molecule is Cc1cc(C(=O)NCC(=O)Nc2ccnn2Cc2ccc(Cl)cc2)ccc1[N+](=O)[O-]. The molecule has 2 amide bonds. The molecule has 0 fully saturated rings. The number of nitro groups is 1. The van der Waals surface area contributed by atoms with Crippen molar-refractivity contribution < 1.29 is 14.5 Å². The van der Waals surface area contributed by atoms with Crippen LogP contribution in [0, 0.1) is 17.0 Å². The maximum absolute atomic E-state index is 12.2. The Morgan fingerprint density at radius 3 is 2.57 bits per heavy atom. The third-order valence-electron chi connectivity index (χ3n) is 4.29. The highest BCUT2D eigenvalue weighted by Gasteiger charge is 2.15. The molecular weight excluding hydrogens is 410 g/mol. The third-order valence-corrected chi connectivity index (χ3v) is 4.55. The van der Waals surface area contributed by atoms with E-state index in [1.54, 1.807) is 36.0 Å². The number of aryl methyl sites for hydroxylation is 1. The van der Waals surface area contributed by atoms with Crippen LogP contribution in [0.3, 0.4) is 0 Å². The van der Waals surface area contributed by atoms with Gasteiger partial charge >= 0.3 is 0 Å². The predicted molar refractivity (Wildman–Crippen MR) is 112 cm³/mol. The first-order valence-corrected chi connectivity index (χ1v) is 9.30. The molecule has 3 rings (SSSR count). The fraction of sp³-hybridized carbons (Fsp3) is 0.150. The molecule has 0 saturated carbocycles. The number of amides is 2. The van der Waals surface area contributed by atoms with Gasteiger partial charge in [-0.1, -0.05) is 23.7 Å². The molecule has 0 saturated heterocycles. The number of carbonyl (C=O) groups is 2. The summed E-state index contributed by atoms with van der Waals surface area (Å²) in [6.45, 7) is 1.72. The number of benzene rings is 2. The van der Waals surface area contributed by atoms with Crippen molar-refractivity contribution in [2.75, 3.05) is 11.9 Å². The van der Waals surface area contributed by atoms with Crippen molar-refractivity contribution in [3.63, 3.8) is 0 Å². The van der Waals surface area contributed by atoms with Crippen molar-refractivity contribution in [2.24, 2.45) is 0 Å². The Balaban J connectivity index is 1.57. The van der Waals surface area contributed by atoms with E-state index in [0.29, 0.717) is 22.9 Å². The largest absolute Gasteiger partial charge is 0.343 e. The van der Waals surface area contributed by atoms with Crippen LogP contribution in [0.5, 0.6) is 0 Å². The van der Waals surface area contributed by atoms with Crippen LogP contribution in [0.25, 0.3) is 0 Å². The lowest BCUT2D eigenvalue weighted by atomic mass is 10.1. The number of nitro benzene ring substituents is 1. The van der Waals surface area contributed by atoms with Gasteiger partial charge in [-0.3, -0.25) is 19.7 Å². The molecule has 0 radical (unpaired) electrons. The molecule has 0 aliphatic rings. The van der Waals surface area contributed by atoms with E-state index in [2.05, 4.69) is 15.7 Å². The fourth-order valence-electron chi connectivity index (χ4n) is 2.78. The zero-order chi connectivity index (χ0) is 21.7. The molecule has 10 heteroatoms. The highest BCUT2D eigenvalue weighted by molar-refractivity contribution is 6.30. The Labute approximate surface area is 176 Å². The normalized spacial score (nSPS) is 10.5. The Morgan fingerprint density at radius 1 is 1.17 bits per heavy atom. The molecule has 0 unspecified atom stereocenters. The molecule has 2 N–H and O–H groups in total. The molecule has 3 aromatic rings. The smallest absolute Gasteiger partial charge is 0.272 e. The molecule has 2 aromatic carbocycles. The van der Waals surface area contributed by atoms with Crippen LogP contribution in [0.15, 0.2) is 54.7 Å². The van der Waals surface area contributed by atoms with Crippen LogP contribution in [0.4, 0.5) is 11.5 Å². The van der Waals surface area contributed by atoms with Gasteiger partial charge in [0.15, 0.2) is 0 Å². The van der Waals surface area contributed by atoms with Crippen LogP contribution in [-0.4, -0.2) is 33.1 Å². The first kappa shape index (κ1) is 21.0. The fourth-order valence-corrected chi connectivity index (χ4v) is 2.90. The average Bonchev–Trinajstić information content (AvgIpc) is 3.14. The van der Waals surface area contributed by atoms with Gasteiger partial charge in [0.1, 0.15) is 5.82 Å². The van der Waals surface area contributed by atoms with Crippen molar-refractivity contribution in [3.05, 3.63) is 86.6 Å². The Morgan fingerprint density at radius 2 is 1.90 bits per heavy atom. The van der Waals surface area contributed by atoms with E-state index in [1.165, 1.54) is 18.2 Å². The first-order chi connectivity index (χ1) is 14.3. The van der Waals surface area contributed by atoms with Crippen LogP contribution in [-0.2, 0) is 11.3 Å². The summed E-state index contributed by atoms with van der Waals surface area (Å²) in [5.74, 6) is -0.451. The summed E-state index contributed by atoms with van der Waals surface area (Å²) in [6.07, 6.45) is 1.56. The minimum Gasteiger partial charge on any atom is -0.343 e. The van der Waals surface area contributed by atoms with Crippen LogP contribution >= 0.6 is 11.6 Å². The maximum Gasteiger partial charge on any atom is 0.272 e. The van der Waals surface area contributed by atoms with E-state index in [4.69, 9.17) is 11.6 Å². The van der Waals surface area contributed by atoms with E-state index in [0.717, 1.165) is 5.56 Å². The number of carbonyl (C=O) groups excluding carboxylic acids is 2. The van der Waals surface area contributed by atoms with Gasteiger partial charge in [0.05, 0.1) is 24.2 Å². The van der Waals surface area contributed by atoms with Crippen LogP contribution in [0.1, 0.15) is 21.5 Å². The number of rotatable bonds is 7. The van der Waals surface area contributed by atoms with Crippen molar-refractivity contribution in [1.29, 1.82) is 0 Å². The number of nitrogens with zero attached hydrogens (tertiary/aromatic N) is 3. The summed E-state index contributed by atoms with van der Waals surface area (Å²) in [7, 11) is 0. The second-order valence-electron chi connectivity index (χ2n) is 6.49. The molecule has 1 heterocycles. The number of anilines is 1. The van der Waals surface area contributed by atoms with Gasteiger partial charge in [-0.15, -0.1) is 0 Å². The molecule has 0 bridgehead atoms. The van der Waals surface area contributed by atoms with Crippen molar-refractivity contribution >= 4 is 34.9 Å². The Kier molecular flexibility index (Phi) is 6.43. The predicted octanol–water partition coefficient (Wildman–Crippen LogP) is 3.17. The van der Waals surface area contributed by atoms with Gasteiger partial charge in [-0.05, 0) is 36.8 Å². The second-order valence-corrected chi connectivity index (χ2v) is 6.93. The molecule has 0 spiro atoms. The van der Waals surface area contributed by atoms with Crippen molar-refractivity contribution in [3.8, 4) is 0 Å². The summed E-state index contributed by atoms with van der Waals surface area (Å²) < 4.78 is 1.61. The second kappa shape index (κ2) is 9.19. The van der Waals surface area contributed by atoms with E-state index < -0.39 is 16.7 Å². The first-order valence-electron chi connectivity index (χ1n) is 8.93. The van der Waals surface area contributed by atoms with Crippen molar-refractivity contribution in [1.82, 2.24) is 15.1 Å². The van der Waals surface area contributed by atoms with Crippen LogP contribution in [0.2, 0.25) is 5.02 Å². The van der Waals surface area contributed by atoms with Gasteiger partial charge in [0.2, 0.25) is 5.91 Å². The van der Waals surface area contributed by atoms with Gasteiger partial charge in [-0.25, -0.2) is 4.68 Å². The van der Waals surface area contributed by atoms with E-state index in [-0.39, 0.29) is 17.8 Å². The minimum absolute atomic E-state index is 0.0711. The van der Waals surface area contributed by atoms with Gasteiger partial charge in [0, 0.05) is 28.3 Å². The summed E-state index contributed by atoms with van der Waals surface area (Å²) in [4.78, 5) is 34.8. The molecule has 30 heavy (non-hydrogen) atoms. The molecule has 154 valence electrons. The number of hydrogen-bond donors (Lipinski definition) is 2. The standard InChI is InChI=1S/C20H18ClN5O4/c1-13-10-15(4-7-17(13)26(29)30)20(28)22-11-19(27)24-18-8-9-23-25(18)12-14-2-5-16(21)6-3-14/h2-10H,11-12H2,1H3,(H,22,28)(H,24,27). The highest BCUT2D eigenvalue weighted by atomic mass is 35.5. The molecule has 0 atom stereocenters. The molecule has 9 nitrogen and oxygen atoms in total. The van der Waals surface area contributed by atoms with Gasteiger partial charge < -0.3 is 10.6 Å². The summed E-state index contributed by atoms with van der Waals surface area (Å²) >= 11 is 5.88. The average molecular weight is 428 g/mol. The molecule has 1 aromatic heterocycles. The van der Waals surface area contributed by atoms with Crippen molar-refractivity contribution in [2.45, 2.75) is 13.5 Å². The number of aromatic nitrogens is 2. The monoisotopic (exact) mass is 427 g/mol. The lowest BCUT2D eigenvalue weighted by Crippen LogP contribution is -2.33. The molecule has 0 aliphatic heterocycles. The third kappa shape index (κ3) is 5.21. The number of nitrogens with one attached hydrogen (secondary N) is 2. The Bertz CT molecular complexity index is 1090. The van der Waals surface area contributed by atoms with E-state index >= 15 is 0 Å². The zero-order valence-corrected chi connectivity index (χ0v) is 16.7. The van der Waals surface area contributed by atoms with Crippen LogP contribution < -0.4 is 10.6 Å². The summed E-state index contributed by atoms with van der Waals surface area (Å²) in [5, 5.41) is 20.9. The van der Waals surface area contributed by atoms with E-state index in [9.17, 15) is 19.7 Å². The topological polar surface area (TPSA) is 119 Å². The number of halogens is 1. The molecule has 0 aliphatic carbocycles. The minimum atomic E-state index is -0.516. The lowest BCUT2D eigenvalue weighted by Gasteiger charge is -2.10. The van der Waals surface area contributed by atoms with Gasteiger partial charge in [0.25, 0.3) is 11.6 Å². The zero-order valence-electron chi connectivity index (χ0n) is 16.0. The molecular formula is C20H18ClN5O4. The Hall–Kier alpha value is -3.72. The summed E-state index contributed by atoms with van der Waals surface area (Å²) in [5.41, 5.74) is 1.49. The number of hydrogen-bond acceptors (Lipinski definition) is 5. The maximum atomic E-state index is 12.2. The highest BCUT2D eigenvalue weighted by Crippen LogP contribution is 2.18. The van der Waals surface area contributed by atoms with Gasteiger partial charge in [-0.2, -0.15) is 5.10 Å². The lowest BCUT2D eigenvalue weighted by molar-refractivity contribution is -0.385. The van der Waals surface area contributed by atoms with E-state index in [1.807, 2.05) is 12.1 Å².